The molecule has 0 saturated carbocycles. The fourth-order valence-corrected chi connectivity index (χ4v) is 3.29. The van der Waals surface area contributed by atoms with Gasteiger partial charge in [-0.2, -0.15) is 0 Å². The maximum Gasteiger partial charge on any atom is 0.240 e. The molecule has 0 radical (unpaired) electrons. The number of carbonyl (C=O) groups excluding carboxylic acids is 1. The lowest BCUT2D eigenvalue weighted by Crippen LogP contribution is -2.45. The Labute approximate surface area is 178 Å². The first-order chi connectivity index (χ1) is 12.6. The summed E-state index contributed by atoms with van der Waals surface area (Å²) >= 11 is 0. The first kappa shape index (κ1) is 24.0. The lowest BCUT2D eigenvalue weighted by Gasteiger charge is -2.25. The Bertz CT molecular complexity index is 775. The van der Waals surface area contributed by atoms with E-state index in [9.17, 15) is 9.90 Å². The molecule has 6 nitrogen and oxygen atoms in total. The van der Waals surface area contributed by atoms with E-state index in [-0.39, 0.29) is 42.5 Å². The van der Waals surface area contributed by atoms with Crippen LogP contribution in [0, 0.1) is 0 Å². The molecule has 8 heteroatoms. The predicted octanol–water partition coefficient (Wildman–Crippen LogP) is 3.41. The SMILES string of the molecule is CCC[C@H](NC)C(=O)N1CCOc2c(O)cc(-c3cccnc3)cc2C1.Cl.Cl. The number of nitrogens with zero attached hydrogens (tertiary/aromatic N) is 2. The summed E-state index contributed by atoms with van der Waals surface area (Å²) in [5.41, 5.74) is 2.57. The van der Waals surface area contributed by atoms with Crippen molar-refractivity contribution in [1.82, 2.24) is 15.2 Å². The molecule has 1 amide bonds. The molecule has 0 bridgehead atoms. The van der Waals surface area contributed by atoms with Gasteiger partial charge >= 0.3 is 0 Å². The third-order valence-electron chi connectivity index (χ3n) is 4.65. The van der Waals surface area contributed by atoms with Crippen LogP contribution in [0.2, 0.25) is 0 Å². The van der Waals surface area contributed by atoms with E-state index in [0.29, 0.717) is 25.4 Å². The monoisotopic (exact) mass is 427 g/mol. The van der Waals surface area contributed by atoms with Crippen LogP contribution < -0.4 is 10.1 Å². The number of rotatable bonds is 5. The van der Waals surface area contributed by atoms with Crippen molar-refractivity contribution in [2.45, 2.75) is 32.4 Å². The lowest BCUT2D eigenvalue weighted by molar-refractivity contribution is -0.134. The average molecular weight is 428 g/mol. The number of aromatic hydroxyl groups is 1. The number of aromatic nitrogens is 1. The number of benzene rings is 1. The van der Waals surface area contributed by atoms with E-state index >= 15 is 0 Å². The molecule has 2 N–H and O–H groups in total. The number of halogens is 2. The normalized spacial score (nSPS) is 13.9. The highest BCUT2D eigenvalue weighted by Crippen LogP contribution is 2.37. The third kappa shape index (κ3) is 5.28. The van der Waals surface area contributed by atoms with Gasteiger partial charge in [-0.25, -0.2) is 0 Å². The van der Waals surface area contributed by atoms with Crippen LogP contribution in [-0.4, -0.2) is 47.1 Å². The summed E-state index contributed by atoms with van der Waals surface area (Å²) in [5, 5.41) is 13.5. The lowest BCUT2D eigenvalue weighted by atomic mass is 10.0. The summed E-state index contributed by atoms with van der Waals surface area (Å²) in [5.74, 6) is 0.621. The van der Waals surface area contributed by atoms with Crippen molar-refractivity contribution in [1.29, 1.82) is 0 Å². The van der Waals surface area contributed by atoms with Crippen LogP contribution in [-0.2, 0) is 11.3 Å². The number of amides is 1. The highest BCUT2D eigenvalue weighted by atomic mass is 35.5. The maximum absolute atomic E-state index is 12.9. The second-order valence-electron chi connectivity index (χ2n) is 6.46. The van der Waals surface area contributed by atoms with Gasteiger partial charge < -0.3 is 20.1 Å². The summed E-state index contributed by atoms with van der Waals surface area (Å²) in [6.45, 7) is 3.34. The summed E-state index contributed by atoms with van der Waals surface area (Å²) < 4.78 is 5.74. The Kier molecular flexibility index (Phi) is 9.52. The molecule has 2 aromatic rings. The number of likely N-dealkylation sites (N-methyl/N-ethyl adjacent to an activating group) is 1. The summed E-state index contributed by atoms with van der Waals surface area (Å²) in [6.07, 6.45) is 5.19. The van der Waals surface area contributed by atoms with Gasteiger partial charge in [-0.05, 0) is 37.2 Å². The Morgan fingerprint density at radius 1 is 1.36 bits per heavy atom. The van der Waals surface area contributed by atoms with Gasteiger partial charge in [0.15, 0.2) is 11.5 Å². The minimum atomic E-state index is -0.198. The highest BCUT2D eigenvalue weighted by molar-refractivity contribution is 5.85. The molecular weight excluding hydrogens is 401 g/mol. The van der Waals surface area contributed by atoms with Crippen molar-refractivity contribution < 1.29 is 14.6 Å². The smallest absolute Gasteiger partial charge is 0.240 e. The van der Waals surface area contributed by atoms with Crippen molar-refractivity contribution in [2.75, 3.05) is 20.2 Å². The summed E-state index contributed by atoms with van der Waals surface area (Å²) in [7, 11) is 1.81. The molecule has 1 aromatic heterocycles. The van der Waals surface area contributed by atoms with E-state index in [0.717, 1.165) is 29.5 Å². The minimum absolute atomic E-state index is 0. The Morgan fingerprint density at radius 2 is 2.14 bits per heavy atom. The molecule has 0 saturated heterocycles. The van der Waals surface area contributed by atoms with Crippen LogP contribution in [0.3, 0.4) is 0 Å². The van der Waals surface area contributed by atoms with E-state index in [4.69, 9.17) is 4.74 Å². The van der Waals surface area contributed by atoms with Crippen molar-refractivity contribution >= 4 is 30.7 Å². The molecule has 154 valence electrons. The number of ether oxygens (including phenoxy) is 1. The minimum Gasteiger partial charge on any atom is -0.504 e. The van der Waals surface area contributed by atoms with Gasteiger partial charge in [-0.15, -0.1) is 24.8 Å². The number of hydrogen-bond donors (Lipinski definition) is 2. The zero-order valence-electron chi connectivity index (χ0n) is 16.1. The Balaban J connectivity index is 0.00000196. The van der Waals surface area contributed by atoms with Gasteiger partial charge in [0.05, 0.1) is 12.6 Å². The molecule has 3 rings (SSSR count). The number of phenols is 1. The predicted molar refractivity (Wildman–Crippen MR) is 115 cm³/mol. The highest BCUT2D eigenvalue weighted by Gasteiger charge is 2.26. The van der Waals surface area contributed by atoms with Gasteiger partial charge in [0.1, 0.15) is 6.61 Å². The van der Waals surface area contributed by atoms with Gasteiger partial charge in [-0.1, -0.05) is 19.4 Å². The molecule has 0 spiro atoms. The van der Waals surface area contributed by atoms with Crippen molar-refractivity contribution in [3.05, 3.63) is 42.2 Å². The molecule has 2 heterocycles. The molecule has 1 atom stereocenters. The number of pyridine rings is 1. The number of fused-ring (bicyclic) bond motifs is 1. The Morgan fingerprint density at radius 3 is 2.79 bits per heavy atom. The average Bonchev–Trinajstić information content (AvgIpc) is 2.89. The van der Waals surface area contributed by atoms with Crippen LogP contribution in [0.15, 0.2) is 36.7 Å². The van der Waals surface area contributed by atoms with Crippen molar-refractivity contribution in [3.8, 4) is 22.6 Å². The van der Waals surface area contributed by atoms with Gasteiger partial charge in [0.2, 0.25) is 5.91 Å². The maximum atomic E-state index is 12.9. The first-order valence-electron chi connectivity index (χ1n) is 8.99. The molecule has 1 aliphatic rings. The van der Waals surface area contributed by atoms with Crippen LogP contribution in [0.5, 0.6) is 11.5 Å². The zero-order chi connectivity index (χ0) is 18.5. The van der Waals surface area contributed by atoms with E-state index in [1.165, 1.54) is 0 Å². The van der Waals surface area contributed by atoms with Gasteiger partial charge in [0, 0.05) is 30.1 Å². The molecule has 1 aromatic carbocycles. The number of nitrogens with one attached hydrogen (secondary N) is 1. The van der Waals surface area contributed by atoms with Crippen molar-refractivity contribution in [2.24, 2.45) is 0 Å². The van der Waals surface area contributed by atoms with Gasteiger partial charge in [-0.3, -0.25) is 9.78 Å². The zero-order valence-corrected chi connectivity index (χ0v) is 17.7. The van der Waals surface area contributed by atoms with E-state index in [2.05, 4.69) is 17.2 Å². The fourth-order valence-electron chi connectivity index (χ4n) is 3.29. The van der Waals surface area contributed by atoms with Crippen LogP contribution in [0.25, 0.3) is 11.1 Å². The van der Waals surface area contributed by atoms with Crippen LogP contribution in [0.1, 0.15) is 25.3 Å². The third-order valence-corrected chi connectivity index (χ3v) is 4.65. The van der Waals surface area contributed by atoms with Crippen LogP contribution in [0.4, 0.5) is 0 Å². The second-order valence-corrected chi connectivity index (χ2v) is 6.46. The second kappa shape index (κ2) is 11.1. The molecule has 0 aliphatic carbocycles. The molecule has 28 heavy (non-hydrogen) atoms. The summed E-state index contributed by atoms with van der Waals surface area (Å²) in [4.78, 5) is 18.8. The fraction of sp³-hybridized carbons (Fsp3) is 0.400. The van der Waals surface area contributed by atoms with Crippen LogP contribution >= 0.6 is 24.8 Å². The topological polar surface area (TPSA) is 74.7 Å². The number of carbonyl (C=O) groups is 1. The summed E-state index contributed by atoms with van der Waals surface area (Å²) in [6, 6.07) is 7.24. The van der Waals surface area contributed by atoms with Gasteiger partial charge in [0.25, 0.3) is 0 Å². The van der Waals surface area contributed by atoms with Crippen molar-refractivity contribution in [3.63, 3.8) is 0 Å². The number of phenolic OH excluding ortho intramolecular Hbond substituents is 1. The Hall–Kier alpha value is -2.02. The molecule has 1 aliphatic heterocycles. The largest absolute Gasteiger partial charge is 0.504 e. The van der Waals surface area contributed by atoms with E-state index < -0.39 is 0 Å². The quantitative estimate of drug-likeness (QED) is 0.764. The number of hydrogen-bond acceptors (Lipinski definition) is 5. The molecular formula is C20H27Cl2N3O3. The van der Waals surface area contributed by atoms with E-state index in [1.807, 2.05) is 25.2 Å². The van der Waals surface area contributed by atoms with E-state index in [1.54, 1.807) is 23.4 Å². The molecule has 0 fully saturated rings. The molecule has 0 unspecified atom stereocenters. The standard InChI is InChI=1S/C20H25N3O3.2ClH/c1-3-5-17(21-2)20(25)23-8-9-26-19-16(13-23)10-15(11-18(19)24)14-6-4-7-22-12-14;;/h4,6-7,10-12,17,21,24H,3,5,8-9,13H2,1-2H3;2*1H/t17-;;/m0../s1. The first-order valence-corrected chi connectivity index (χ1v) is 8.99.